The van der Waals surface area contributed by atoms with Crippen LogP contribution in [-0.2, 0) is 0 Å². The molecule has 0 aliphatic rings. The highest BCUT2D eigenvalue weighted by Crippen LogP contribution is 2.29. The lowest BCUT2D eigenvalue weighted by molar-refractivity contribution is 0.102. The average molecular weight is 470 g/mol. The van der Waals surface area contributed by atoms with Gasteiger partial charge in [0.25, 0.3) is 5.91 Å². The van der Waals surface area contributed by atoms with Gasteiger partial charge in [0.05, 0.1) is 35.0 Å². The van der Waals surface area contributed by atoms with Crippen LogP contribution in [0, 0.1) is 6.92 Å². The number of fused-ring (bicyclic) bond motifs is 2. The number of nitrogens with two attached hydrogens (primary N) is 1. The number of benzene rings is 1. The second-order valence-corrected chi connectivity index (χ2v) is 8.11. The molecule has 11 heteroatoms. The van der Waals surface area contributed by atoms with Crippen molar-refractivity contribution in [3.05, 3.63) is 73.0 Å². The van der Waals surface area contributed by atoms with Crippen molar-refractivity contribution in [2.75, 3.05) is 17.2 Å². The van der Waals surface area contributed by atoms with Crippen LogP contribution in [0.3, 0.4) is 0 Å². The summed E-state index contributed by atoms with van der Waals surface area (Å²) in [6.45, 7) is 4.35. The number of carbonyl (C=O) groups is 1. The number of imidazole rings is 1. The van der Waals surface area contributed by atoms with Crippen LogP contribution >= 0.6 is 0 Å². The Balaban J connectivity index is 1.48. The molecule has 4 N–H and O–H groups in total. The summed E-state index contributed by atoms with van der Waals surface area (Å²) in [5.41, 5.74) is 10.0. The number of nitrogens with zero attached hydrogens (tertiary/aromatic N) is 6. The summed E-state index contributed by atoms with van der Waals surface area (Å²) in [6, 6.07) is 5.19. The molecule has 5 aromatic rings. The molecular formula is C24H23N9O2. The number of nitrogens with one attached hydrogen (secondary N) is 2. The van der Waals surface area contributed by atoms with Gasteiger partial charge < -0.3 is 25.5 Å². The van der Waals surface area contributed by atoms with Gasteiger partial charge in [-0.25, -0.2) is 15.0 Å². The smallest absolute Gasteiger partial charge is 0.257 e. The summed E-state index contributed by atoms with van der Waals surface area (Å²) in [6.07, 6.45) is 11.3. The van der Waals surface area contributed by atoms with Crippen LogP contribution in [0.5, 0.6) is 11.5 Å². The van der Waals surface area contributed by atoms with E-state index in [-0.39, 0.29) is 11.9 Å². The Morgan fingerprint density at radius 3 is 2.69 bits per heavy atom. The molecule has 1 aromatic carbocycles. The Kier molecular flexibility index (Phi) is 5.90. The number of rotatable bonds is 7. The first-order chi connectivity index (χ1) is 17.0. The number of hydrogen-bond acceptors (Lipinski definition) is 9. The maximum Gasteiger partial charge on any atom is 0.257 e. The molecule has 0 aliphatic carbocycles. The van der Waals surface area contributed by atoms with E-state index >= 15 is 0 Å². The fourth-order valence-electron chi connectivity index (χ4n) is 3.65. The van der Waals surface area contributed by atoms with E-state index in [1.807, 2.05) is 20.0 Å². The lowest BCUT2D eigenvalue weighted by Crippen LogP contribution is -2.25. The Morgan fingerprint density at radius 1 is 1.14 bits per heavy atom. The van der Waals surface area contributed by atoms with Crippen LogP contribution in [0.15, 0.2) is 61.7 Å². The number of aromatic nitrogens is 6. The molecule has 0 radical (unpaired) electrons. The van der Waals surface area contributed by atoms with Crippen LogP contribution in [-0.4, -0.2) is 47.8 Å². The van der Waals surface area contributed by atoms with Crippen LogP contribution in [0.4, 0.5) is 11.4 Å². The monoisotopic (exact) mass is 469 g/mol. The Morgan fingerprint density at radius 2 is 1.91 bits per heavy atom. The fraction of sp³-hybridized carbons (Fsp3) is 0.167. The molecule has 5 rings (SSSR count). The summed E-state index contributed by atoms with van der Waals surface area (Å²) in [4.78, 5) is 34.6. The van der Waals surface area contributed by atoms with Gasteiger partial charge >= 0.3 is 0 Å². The zero-order valence-corrected chi connectivity index (χ0v) is 19.1. The SMILES string of the molecule is Cc1cn2cc(NC(=O)c3ccc(NC[C@@H](C)N)c4nccnc34)cc(Oc3cncnc3)c2n1. The first kappa shape index (κ1) is 22.2. The van der Waals surface area contributed by atoms with Crippen molar-refractivity contribution in [2.24, 2.45) is 5.73 Å². The van der Waals surface area contributed by atoms with Gasteiger partial charge in [0.1, 0.15) is 17.4 Å². The van der Waals surface area contributed by atoms with E-state index in [9.17, 15) is 4.79 Å². The van der Waals surface area contributed by atoms with Crippen LogP contribution in [0.2, 0.25) is 0 Å². The topological polar surface area (TPSA) is 145 Å². The minimum absolute atomic E-state index is 0.0368. The molecule has 4 heterocycles. The highest BCUT2D eigenvalue weighted by molar-refractivity contribution is 6.13. The van der Waals surface area contributed by atoms with Crippen LogP contribution in [0.1, 0.15) is 23.0 Å². The molecular weight excluding hydrogens is 446 g/mol. The highest BCUT2D eigenvalue weighted by atomic mass is 16.5. The summed E-state index contributed by atoms with van der Waals surface area (Å²) in [7, 11) is 0. The molecule has 1 amide bonds. The van der Waals surface area contributed by atoms with Crippen molar-refractivity contribution in [1.29, 1.82) is 0 Å². The Hall–Kier alpha value is -4.64. The molecule has 0 unspecified atom stereocenters. The van der Waals surface area contributed by atoms with Crippen molar-refractivity contribution in [1.82, 2.24) is 29.3 Å². The lowest BCUT2D eigenvalue weighted by Gasteiger charge is -2.14. The molecule has 1 atom stereocenters. The van der Waals surface area contributed by atoms with Gasteiger partial charge in [-0.3, -0.25) is 14.8 Å². The van der Waals surface area contributed by atoms with E-state index in [1.165, 1.54) is 6.33 Å². The number of carbonyl (C=O) groups excluding carboxylic acids is 1. The number of ether oxygens (including phenoxy) is 1. The molecule has 0 fully saturated rings. The van der Waals surface area contributed by atoms with Gasteiger partial charge in [0.15, 0.2) is 17.1 Å². The van der Waals surface area contributed by atoms with Crippen molar-refractivity contribution < 1.29 is 9.53 Å². The van der Waals surface area contributed by atoms with Crippen molar-refractivity contribution in [3.8, 4) is 11.5 Å². The number of amides is 1. The van der Waals surface area contributed by atoms with E-state index in [2.05, 4.69) is 35.6 Å². The zero-order valence-electron chi connectivity index (χ0n) is 19.1. The first-order valence-corrected chi connectivity index (χ1v) is 10.9. The first-order valence-electron chi connectivity index (χ1n) is 10.9. The number of pyridine rings is 1. The maximum absolute atomic E-state index is 13.3. The van der Waals surface area contributed by atoms with Gasteiger partial charge in [-0.2, -0.15) is 0 Å². The van der Waals surface area contributed by atoms with E-state index in [0.29, 0.717) is 46.0 Å². The van der Waals surface area contributed by atoms with Crippen LogP contribution in [0.25, 0.3) is 16.7 Å². The fourth-order valence-corrected chi connectivity index (χ4v) is 3.65. The molecule has 4 aromatic heterocycles. The molecule has 35 heavy (non-hydrogen) atoms. The average Bonchev–Trinajstić information content (AvgIpc) is 3.23. The van der Waals surface area contributed by atoms with Crippen molar-refractivity contribution >= 4 is 34.0 Å². The molecule has 0 saturated carbocycles. The summed E-state index contributed by atoms with van der Waals surface area (Å²) >= 11 is 0. The van der Waals surface area contributed by atoms with E-state index < -0.39 is 0 Å². The van der Waals surface area contributed by atoms with Gasteiger partial charge in [-0.1, -0.05) is 0 Å². The second-order valence-electron chi connectivity index (χ2n) is 8.11. The quantitative estimate of drug-likeness (QED) is 0.327. The summed E-state index contributed by atoms with van der Waals surface area (Å²) in [5.74, 6) is 0.569. The van der Waals surface area contributed by atoms with Crippen molar-refractivity contribution in [3.63, 3.8) is 0 Å². The molecule has 11 nitrogen and oxygen atoms in total. The molecule has 0 saturated heterocycles. The number of anilines is 2. The summed E-state index contributed by atoms with van der Waals surface area (Å²) < 4.78 is 7.76. The number of aryl methyl sites for hydroxylation is 1. The zero-order chi connectivity index (χ0) is 24.4. The Bertz CT molecular complexity index is 1520. The van der Waals surface area contributed by atoms with Crippen LogP contribution < -0.4 is 21.1 Å². The van der Waals surface area contributed by atoms with Gasteiger partial charge in [-0.15, -0.1) is 0 Å². The van der Waals surface area contributed by atoms with Gasteiger partial charge in [0.2, 0.25) is 0 Å². The molecule has 0 bridgehead atoms. The Labute approximate surface area is 200 Å². The maximum atomic E-state index is 13.3. The van der Waals surface area contributed by atoms with E-state index in [0.717, 1.165) is 11.4 Å². The molecule has 176 valence electrons. The predicted octanol–water partition coefficient (Wildman–Crippen LogP) is 3.18. The minimum atomic E-state index is -0.334. The largest absolute Gasteiger partial charge is 0.450 e. The third-order valence-corrected chi connectivity index (χ3v) is 5.14. The number of hydrogen-bond donors (Lipinski definition) is 3. The second kappa shape index (κ2) is 9.31. The van der Waals surface area contributed by atoms with Gasteiger partial charge in [-0.05, 0) is 26.0 Å². The normalized spacial score (nSPS) is 12.0. The standard InChI is InChI=1S/C24H23N9O2/c1-14(25)8-30-19-4-3-18(21-22(19)29-6-5-28-21)24(34)32-16-7-20(35-17-9-26-13-27-10-17)23-31-15(2)11-33(23)12-16/h3-7,9-14,30H,8,25H2,1-2H3,(H,32,34)/t14-/m1/s1. The van der Waals surface area contributed by atoms with E-state index in [1.54, 1.807) is 53.6 Å². The third kappa shape index (κ3) is 4.70. The van der Waals surface area contributed by atoms with Gasteiger partial charge in [0, 0.05) is 43.4 Å². The van der Waals surface area contributed by atoms with E-state index in [4.69, 9.17) is 10.5 Å². The predicted molar refractivity (Wildman–Crippen MR) is 132 cm³/mol. The molecule has 0 spiro atoms. The minimum Gasteiger partial charge on any atom is -0.450 e. The third-order valence-electron chi connectivity index (χ3n) is 5.14. The van der Waals surface area contributed by atoms with Crippen molar-refractivity contribution in [2.45, 2.75) is 19.9 Å². The molecule has 0 aliphatic heterocycles. The summed E-state index contributed by atoms with van der Waals surface area (Å²) in [5, 5.41) is 6.20. The highest BCUT2D eigenvalue weighted by Gasteiger charge is 2.17. The lowest BCUT2D eigenvalue weighted by atomic mass is 10.1.